The van der Waals surface area contributed by atoms with E-state index in [0.29, 0.717) is 16.7 Å². The maximum absolute atomic E-state index is 5.87. The van der Waals surface area contributed by atoms with Crippen molar-refractivity contribution in [3.05, 3.63) is 47.4 Å². The van der Waals surface area contributed by atoms with Gasteiger partial charge in [-0.3, -0.25) is 4.98 Å². The molecule has 2 aromatic rings. The van der Waals surface area contributed by atoms with Crippen LogP contribution in [0.5, 0.6) is 0 Å². The zero-order valence-corrected chi connectivity index (χ0v) is 10.9. The number of pyridine rings is 2. The minimum Gasteiger partial charge on any atom is -0.396 e. The normalized spacial score (nSPS) is 12.1. The third kappa shape index (κ3) is 2.90. The van der Waals surface area contributed by atoms with Gasteiger partial charge in [-0.1, -0.05) is 24.6 Å². The molecular weight excluding hydrogens is 248 g/mol. The fourth-order valence-electron chi connectivity index (χ4n) is 1.69. The standard InChI is InChI=1S/C13H15ClN4/c1-2-10(11-5-3-4-8-16-11)17-13-9(15)6-7-12(14)18-13/h3-8,10H,2,15H2,1H3,(H,17,18). The second kappa shape index (κ2) is 5.69. The lowest BCUT2D eigenvalue weighted by molar-refractivity contribution is 0.719. The van der Waals surface area contributed by atoms with Crippen LogP contribution in [0.1, 0.15) is 25.1 Å². The molecule has 94 valence electrons. The van der Waals surface area contributed by atoms with Crippen LogP contribution in [0, 0.1) is 0 Å². The highest BCUT2D eigenvalue weighted by Gasteiger charge is 2.12. The Morgan fingerprint density at radius 3 is 2.83 bits per heavy atom. The zero-order chi connectivity index (χ0) is 13.0. The smallest absolute Gasteiger partial charge is 0.151 e. The lowest BCUT2D eigenvalue weighted by atomic mass is 10.1. The third-order valence-electron chi connectivity index (χ3n) is 2.66. The van der Waals surface area contributed by atoms with E-state index in [1.165, 1.54) is 0 Å². The number of aromatic nitrogens is 2. The lowest BCUT2D eigenvalue weighted by Gasteiger charge is -2.18. The molecule has 1 atom stereocenters. The Balaban J connectivity index is 2.23. The highest BCUT2D eigenvalue weighted by Crippen LogP contribution is 2.24. The summed E-state index contributed by atoms with van der Waals surface area (Å²) in [5, 5.41) is 3.69. The van der Waals surface area contributed by atoms with Crippen molar-refractivity contribution in [1.82, 2.24) is 9.97 Å². The second-order valence-corrected chi connectivity index (χ2v) is 4.32. The van der Waals surface area contributed by atoms with Gasteiger partial charge in [0.2, 0.25) is 0 Å². The van der Waals surface area contributed by atoms with Gasteiger partial charge in [0.25, 0.3) is 0 Å². The van der Waals surface area contributed by atoms with Crippen LogP contribution in [0.25, 0.3) is 0 Å². The minimum absolute atomic E-state index is 0.0690. The van der Waals surface area contributed by atoms with Gasteiger partial charge >= 0.3 is 0 Å². The Labute approximate surface area is 111 Å². The summed E-state index contributed by atoms with van der Waals surface area (Å²) in [6.45, 7) is 2.08. The number of halogens is 1. The summed E-state index contributed by atoms with van der Waals surface area (Å²) in [6.07, 6.45) is 2.65. The Morgan fingerprint density at radius 1 is 1.33 bits per heavy atom. The monoisotopic (exact) mass is 262 g/mol. The molecule has 0 radical (unpaired) electrons. The van der Waals surface area contributed by atoms with Gasteiger partial charge in [-0.15, -0.1) is 0 Å². The average Bonchev–Trinajstić information content (AvgIpc) is 2.41. The molecule has 4 nitrogen and oxygen atoms in total. The molecule has 0 fully saturated rings. The van der Waals surface area contributed by atoms with Crippen LogP contribution in [-0.4, -0.2) is 9.97 Å². The third-order valence-corrected chi connectivity index (χ3v) is 2.87. The van der Waals surface area contributed by atoms with E-state index in [9.17, 15) is 0 Å². The summed E-state index contributed by atoms with van der Waals surface area (Å²) < 4.78 is 0. The topological polar surface area (TPSA) is 63.8 Å². The molecule has 0 aliphatic rings. The SMILES string of the molecule is CCC(Nc1nc(Cl)ccc1N)c1ccccn1. The van der Waals surface area contributed by atoms with Crippen molar-refractivity contribution in [3.63, 3.8) is 0 Å². The number of anilines is 2. The van der Waals surface area contributed by atoms with Crippen molar-refractivity contribution >= 4 is 23.1 Å². The molecule has 0 saturated carbocycles. The molecule has 0 spiro atoms. The van der Waals surface area contributed by atoms with Gasteiger partial charge in [0.05, 0.1) is 17.4 Å². The van der Waals surface area contributed by atoms with Crippen molar-refractivity contribution in [2.75, 3.05) is 11.1 Å². The number of rotatable bonds is 4. The van der Waals surface area contributed by atoms with E-state index in [2.05, 4.69) is 22.2 Å². The summed E-state index contributed by atoms with van der Waals surface area (Å²) in [6, 6.07) is 9.30. The summed E-state index contributed by atoms with van der Waals surface area (Å²) in [4.78, 5) is 8.52. The number of nitrogen functional groups attached to an aromatic ring is 1. The maximum atomic E-state index is 5.87. The summed E-state index contributed by atoms with van der Waals surface area (Å²) in [5.41, 5.74) is 7.40. The lowest BCUT2D eigenvalue weighted by Crippen LogP contribution is -2.13. The first-order valence-corrected chi connectivity index (χ1v) is 6.18. The number of hydrogen-bond acceptors (Lipinski definition) is 4. The molecular formula is C13H15ClN4. The average molecular weight is 263 g/mol. The molecule has 3 N–H and O–H groups in total. The predicted molar refractivity (Wildman–Crippen MR) is 74.6 cm³/mol. The molecule has 0 bridgehead atoms. The van der Waals surface area contributed by atoms with E-state index in [4.69, 9.17) is 17.3 Å². The molecule has 0 amide bonds. The van der Waals surface area contributed by atoms with E-state index in [1.807, 2.05) is 18.2 Å². The van der Waals surface area contributed by atoms with Gasteiger partial charge in [-0.2, -0.15) is 0 Å². The van der Waals surface area contributed by atoms with E-state index in [1.54, 1.807) is 18.3 Å². The first-order chi connectivity index (χ1) is 8.70. The van der Waals surface area contributed by atoms with Gasteiger partial charge in [0.1, 0.15) is 5.15 Å². The van der Waals surface area contributed by atoms with E-state index in [-0.39, 0.29) is 6.04 Å². The van der Waals surface area contributed by atoms with Crippen molar-refractivity contribution in [2.45, 2.75) is 19.4 Å². The minimum atomic E-state index is 0.0690. The van der Waals surface area contributed by atoms with Gasteiger partial charge < -0.3 is 11.1 Å². The summed E-state index contributed by atoms with van der Waals surface area (Å²) in [7, 11) is 0. The van der Waals surface area contributed by atoms with Gasteiger partial charge in [0, 0.05) is 6.20 Å². The highest BCUT2D eigenvalue weighted by atomic mass is 35.5. The van der Waals surface area contributed by atoms with Gasteiger partial charge in [-0.05, 0) is 30.7 Å². The molecule has 18 heavy (non-hydrogen) atoms. The summed E-state index contributed by atoms with van der Waals surface area (Å²) in [5.74, 6) is 0.597. The number of nitrogens with two attached hydrogens (primary N) is 1. The molecule has 0 saturated heterocycles. The molecule has 0 aliphatic carbocycles. The molecule has 2 heterocycles. The molecule has 1 unspecified atom stereocenters. The van der Waals surface area contributed by atoms with Crippen molar-refractivity contribution in [2.24, 2.45) is 0 Å². The Hall–Kier alpha value is -1.81. The molecule has 2 aromatic heterocycles. The van der Waals surface area contributed by atoms with E-state index < -0.39 is 0 Å². The summed E-state index contributed by atoms with van der Waals surface area (Å²) >= 11 is 5.87. The second-order valence-electron chi connectivity index (χ2n) is 3.93. The van der Waals surface area contributed by atoms with Gasteiger partial charge in [-0.25, -0.2) is 4.98 Å². The molecule has 0 aromatic carbocycles. The van der Waals surface area contributed by atoms with Crippen LogP contribution < -0.4 is 11.1 Å². The molecule has 5 heteroatoms. The Kier molecular flexibility index (Phi) is 3.99. The van der Waals surface area contributed by atoms with Crippen LogP contribution >= 0.6 is 11.6 Å². The number of hydrogen-bond donors (Lipinski definition) is 2. The van der Waals surface area contributed by atoms with Crippen LogP contribution in [0.4, 0.5) is 11.5 Å². The first kappa shape index (κ1) is 12.6. The molecule has 2 rings (SSSR count). The first-order valence-electron chi connectivity index (χ1n) is 5.80. The largest absolute Gasteiger partial charge is 0.396 e. The number of nitrogens with zero attached hydrogens (tertiary/aromatic N) is 2. The van der Waals surface area contributed by atoms with Crippen LogP contribution in [0.2, 0.25) is 5.15 Å². The Morgan fingerprint density at radius 2 is 2.17 bits per heavy atom. The van der Waals surface area contributed by atoms with Crippen LogP contribution in [0.15, 0.2) is 36.5 Å². The van der Waals surface area contributed by atoms with Crippen LogP contribution in [-0.2, 0) is 0 Å². The number of nitrogens with one attached hydrogen (secondary N) is 1. The van der Waals surface area contributed by atoms with Crippen LogP contribution in [0.3, 0.4) is 0 Å². The van der Waals surface area contributed by atoms with E-state index >= 15 is 0 Å². The highest BCUT2D eigenvalue weighted by molar-refractivity contribution is 6.29. The fourth-order valence-corrected chi connectivity index (χ4v) is 1.84. The van der Waals surface area contributed by atoms with Crippen molar-refractivity contribution in [1.29, 1.82) is 0 Å². The maximum Gasteiger partial charge on any atom is 0.151 e. The van der Waals surface area contributed by atoms with E-state index in [0.717, 1.165) is 12.1 Å². The molecule has 0 aliphatic heterocycles. The fraction of sp³-hybridized carbons (Fsp3) is 0.231. The zero-order valence-electron chi connectivity index (χ0n) is 10.1. The Bertz CT molecular complexity index is 516. The van der Waals surface area contributed by atoms with Gasteiger partial charge in [0.15, 0.2) is 5.82 Å². The quantitative estimate of drug-likeness (QED) is 0.830. The van der Waals surface area contributed by atoms with Crippen molar-refractivity contribution < 1.29 is 0 Å². The van der Waals surface area contributed by atoms with Crippen molar-refractivity contribution in [3.8, 4) is 0 Å². The predicted octanol–water partition coefficient (Wildman–Crippen LogP) is 3.28.